The first-order valence-electron chi connectivity index (χ1n) is 8.71. The third kappa shape index (κ3) is 4.10. The van der Waals surface area contributed by atoms with Crippen LogP contribution in [0.3, 0.4) is 0 Å². The van der Waals surface area contributed by atoms with Gasteiger partial charge in [-0.2, -0.15) is 0 Å². The van der Waals surface area contributed by atoms with Crippen LogP contribution in [0.2, 0.25) is 0 Å². The van der Waals surface area contributed by atoms with E-state index in [4.69, 9.17) is 5.11 Å². The van der Waals surface area contributed by atoms with E-state index in [-0.39, 0.29) is 24.3 Å². The molecule has 0 spiro atoms. The Morgan fingerprint density at radius 1 is 1.20 bits per heavy atom. The Kier molecular flexibility index (Phi) is 5.21. The number of carbonyl (C=O) groups is 3. The van der Waals surface area contributed by atoms with E-state index in [1.165, 1.54) is 0 Å². The van der Waals surface area contributed by atoms with Crippen molar-refractivity contribution in [3.63, 3.8) is 0 Å². The number of piperidine rings is 1. The van der Waals surface area contributed by atoms with Crippen molar-refractivity contribution in [2.24, 2.45) is 5.92 Å². The summed E-state index contributed by atoms with van der Waals surface area (Å²) < 4.78 is 0. The van der Waals surface area contributed by atoms with Crippen LogP contribution in [0.5, 0.6) is 0 Å². The predicted molar refractivity (Wildman–Crippen MR) is 92.7 cm³/mol. The highest BCUT2D eigenvalue weighted by molar-refractivity contribution is 5.97. The standard InChI is InChI=1S/C18H23N3O4/c22-16(23)8-3-13-2-1-10-20(12-13)17(24)14-4-6-15(7-5-14)21-11-9-19-18(21)25/h4-7,13H,1-3,8-12H2,(H,19,25)(H,22,23). The monoisotopic (exact) mass is 345 g/mol. The number of urea groups is 1. The molecule has 0 saturated carbocycles. The molecule has 7 nitrogen and oxygen atoms in total. The lowest BCUT2D eigenvalue weighted by molar-refractivity contribution is -0.137. The van der Waals surface area contributed by atoms with Gasteiger partial charge in [0, 0.05) is 43.9 Å². The summed E-state index contributed by atoms with van der Waals surface area (Å²) in [4.78, 5) is 38.6. The number of benzene rings is 1. The highest BCUT2D eigenvalue weighted by atomic mass is 16.4. The summed E-state index contributed by atoms with van der Waals surface area (Å²) in [6, 6.07) is 6.98. The highest BCUT2D eigenvalue weighted by Crippen LogP contribution is 2.23. The van der Waals surface area contributed by atoms with Gasteiger partial charge < -0.3 is 15.3 Å². The molecule has 0 aliphatic carbocycles. The van der Waals surface area contributed by atoms with Gasteiger partial charge in [0.2, 0.25) is 0 Å². The van der Waals surface area contributed by atoms with Crippen LogP contribution in [-0.4, -0.2) is 54.1 Å². The molecule has 2 saturated heterocycles. The van der Waals surface area contributed by atoms with Crippen molar-refractivity contribution in [1.82, 2.24) is 10.2 Å². The fourth-order valence-corrected chi connectivity index (χ4v) is 3.50. The van der Waals surface area contributed by atoms with Gasteiger partial charge in [0.15, 0.2) is 0 Å². The Morgan fingerprint density at radius 3 is 2.60 bits per heavy atom. The zero-order valence-electron chi connectivity index (χ0n) is 14.1. The molecule has 2 fully saturated rings. The van der Waals surface area contributed by atoms with E-state index in [0.717, 1.165) is 18.5 Å². The molecule has 25 heavy (non-hydrogen) atoms. The van der Waals surface area contributed by atoms with E-state index in [1.807, 2.05) is 4.90 Å². The summed E-state index contributed by atoms with van der Waals surface area (Å²) >= 11 is 0. The number of carboxylic acid groups (broad SMARTS) is 1. The fraction of sp³-hybridized carbons (Fsp3) is 0.500. The zero-order valence-corrected chi connectivity index (χ0v) is 14.1. The summed E-state index contributed by atoms with van der Waals surface area (Å²) in [6.45, 7) is 2.58. The van der Waals surface area contributed by atoms with E-state index in [9.17, 15) is 14.4 Å². The number of hydrogen-bond donors (Lipinski definition) is 2. The van der Waals surface area contributed by atoms with Gasteiger partial charge in [-0.05, 0) is 49.4 Å². The van der Waals surface area contributed by atoms with Crippen molar-refractivity contribution < 1.29 is 19.5 Å². The number of aliphatic carboxylic acids is 1. The molecule has 2 aliphatic rings. The first-order chi connectivity index (χ1) is 12.0. The van der Waals surface area contributed by atoms with Crippen molar-refractivity contribution in [1.29, 1.82) is 0 Å². The number of rotatable bonds is 5. The second-order valence-corrected chi connectivity index (χ2v) is 6.62. The molecule has 1 unspecified atom stereocenters. The van der Waals surface area contributed by atoms with Crippen molar-refractivity contribution in [2.45, 2.75) is 25.7 Å². The predicted octanol–water partition coefficient (Wildman–Crippen LogP) is 1.93. The molecule has 0 radical (unpaired) electrons. The van der Waals surface area contributed by atoms with Gasteiger partial charge in [-0.3, -0.25) is 14.5 Å². The van der Waals surface area contributed by atoms with Crippen LogP contribution in [0.1, 0.15) is 36.0 Å². The first-order valence-corrected chi connectivity index (χ1v) is 8.71. The number of amides is 3. The van der Waals surface area contributed by atoms with Crippen LogP contribution in [0.25, 0.3) is 0 Å². The molecule has 1 atom stereocenters. The Morgan fingerprint density at radius 2 is 1.96 bits per heavy atom. The van der Waals surface area contributed by atoms with Crippen LogP contribution < -0.4 is 10.2 Å². The minimum absolute atomic E-state index is 0.0301. The molecular formula is C18H23N3O4. The molecule has 7 heteroatoms. The number of carboxylic acids is 1. The Hall–Kier alpha value is -2.57. The van der Waals surface area contributed by atoms with Crippen LogP contribution in [0, 0.1) is 5.92 Å². The fourth-order valence-electron chi connectivity index (χ4n) is 3.50. The van der Waals surface area contributed by atoms with Crippen molar-refractivity contribution in [2.75, 3.05) is 31.1 Å². The number of hydrogen-bond acceptors (Lipinski definition) is 3. The molecule has 2 N–H and O–H groups in total. The molecule has 1 aromatic rings. The molecule has 0 aromatic heterocycles. The zero-order chi connectivity index (χ0) is 17.8. The lowest BCUT2D eigenvalue weighted by atomic mass is 9.93. The van der Waals surface area contributed by atoms with Crippen LogP contribution in [0.15, 0.2) is 24.3 Å². The normalized spacial score (nSPS) is 20.5. The Labute approximate surface area is 146 Å². The maximum absolute atomic E-state index is 12.7. The molecule has 0 bridgehead atoms. The SMILES string of the molecule is O=C(O)CCC1CCCN(C(=O)c2ccc(N3CCNC3=O)cc2)C1. The number of nitrogens with one attached hydrogen (secondary N) is 1. The first kappa shape index (κ1) is 17.3. The molecule has 3 amide bonds. The lowest BCUT2D eigenvalue weighted by Crippen LogP contribution is -2.40. The van der Waals surface area contributed by atoms with Crippen molar-refractivity contribution >= 4 is 23.6 Å². The number of likely N-dealkylation sites (tertiary alicyclic amines) is 1. The van der Waals surface area contributed by atoms with Gasteiger partial charge in [0.05, 0.1) is 0 Å². The van der Waals surface area contributed by atoms with Crippen molar-refractivity contribution in [3.8, 4) is 0 Å². The lowest BCUT2D eigenvalue weighted by Gasteiger charge is -2.32. The third-order valence-corrected chi connectivity index (χ3v) is 4.86. The van der Waals surface area contributed by atoms with Crippen LogP contribution in [-0.2, 0) is 4.79 Å². The molecule has 1 aromatic carbocycles. The topological polar surface area (TPSA) is 89.9 Å². The van der Waals surface area contributed by atoms with Crippen LogP contribution in [0.4, 0.5) is 10.5 Å². The van der Waals surface area contributed by atoms with Crippen molar-refractivity contribution in [3.05, 3.63) is 29.8 Å². The van der Waals surface area contributed by atoms with Gasteiger partial charge in [0.1, 0.15) is 0 Å². The summed E-state index contributed by atoms with van der Waals surface area (Å²) in [5.74, 6) is -0.566. The summed E-state index contributed by atoms with van der Waals surface area (Å²) in [6.07, 6.45) is 2.64. The van der Waals surface area contributed by atoms with Gasteiger partial charge >= 0.3 is 12.0 Å². The maximum atomic E-state index is 12.7. The quantitative estimate of drug-likeness (QED) is 0.853. The molecule has 2 heterocycles. The number of nitrogens with zero attached hydrogens (tertiary/aromatic N) is 2. The maximum Gasteiger partial charge on any atom is 0.321 e. The van der Waals surface area contributed by atoms with E-state index in [0.29, 0.717) is 38.2 Å². The minimum atomic E-state index is -0.787. The average Bonchev–Trinajstić information content (AvgIpc) is 3.06. The summed E-state index contributed by atoms with van der Waals surface area (Å²) in [5.41, 5.74) is 1.38. The summed E-state index contributed by atoms with van der Waals surface area (Å²) in [5, 5.41) is 11.6. The second-order valence-electron chi connectivity index (χ2n) is 6.62. The molecule has 3 rings (SSSR count). The number of carbonyl (C=O) groups excluding carboxylic acids is 2. The highest BCUT2D eigenvalue weighted by Gasteiger charge is 2.25. The van der Waals surface area contributed by atoms with Gasteiger partial charge in [-0.1, -0.05) is 0 Å². The smallest absolute Gasteiger partial charge is 0.321 e. The van der Waals surface area contributed by atoms with Crippen LogP contribution >= 0.6 is 0 Å². The van der Waals surface area contributed by atoms with E-state index in [2.05, 4.69) is 5.32 Å². The largest absolute Gasteiger partial charge is 0.481 e. The second kappa shape index (κ2) is 7.55. The minimum Gasteiger partial charge on any atom is -0.481 e. The van der Waals surface area contributed by atoms with Gasteiger partial charge in [-0.15, -0.1) is 0 Å². The Bertz CT molecular complexity index is 659. The van der Waals surface area contributed by atoms with E-state index < -0.39 is 5.97 Å². The van der Waals surface area contributed by atoms with E-state index in [1.54, 1.807) is 29.2 Å². The van der Waals surface area contributed by atoms with E-state index >= 15 is 0 Å². The Balaban J connectivity index is 1.62. The third-order valence-electron chi connectivity index (χ3n) is 4.86. The molecular weight excluding hydrogens is 322 g/mol. The number of anilines is 1. The molecule has 2 aliphatic heterocycles. The van der Waals surface area contributed by atoms with Gasteiger partial charge in [0.25, 0.3) is 5.91 Å². The van der Waals surface area contributed by atoms with Gasteiger partial charge in [-0.25, -0.2) is 4.79 Å². The average molecular weight is 345 g/mol. The summed E-state index contributed by atoms with van der Waals surface area (Å²) in [7, 11) is 0. The molecule has 134 valence electrons.